The number of benzene rings is 2. The van der Waals surface area contributed by atoms with Gasteiger partial charge in [0.05, 0.1) is 12.1 Å². The SMILES string of the molecule is CNC(Cc1ccccc1C)c1ccc(Cl)c(OC)c1. The summed E-state index contributed by atoms with van der Waals surface area (Å²) in [5.74, 6) is 0.717. The number of likely N-dealkylation sites (N-methyl/N-ethyl adjacent to an activating group) is 1. The molecule has 2 rings (SSSR count). The summed E-state index contributed by atoms with van der Waals surface area (Å²) in [6.07, 6.45) is 0.938. The molecule has 2 nitrogen and oxygen atoms in total. The zero-order valence-electron chi connectivity index (χ0n) is 12.1. The van der Waals surface area contributed by atoms with E-state index in [4.69, 9.17) is 16.3 Å². The molecule has 106 valence electrons. The van der Waals surface area contributed by atoms with Crippen LogP contribution >= 0.6 is 11.6 Å². The third-order valence-electron chi connectivity index (χ3n) is 3.61. The van der Waals surface area contributed by atoms with Crippen LogP contribution in [0, 0.1) is 6.92 Å². The van der Waals surface area contributed by atoms with Crippen molar-refractivity contribution in [2.24, 2.45) is 0 Å². The molecule has 0 saturated carbocycles. The van der Waals surface area contributed by atoms with Crippen LogP contribution in [0.4, 0.5) is 0 Å². The maximum absolute atomic E-state index is 6.08. The highest BCUT2D eigenvalue weighted by Gasteiger charge is 2.13. The minimum absolute atomic E-state index is 0.238. The lowest BCUT2D eigenvalue weighted by Crippen LogP contribution is -2.19. The van der Waals surface area contributed by atoms with E-state index >= 15 is 0 Å². The second-order valence-electron chi connectivity index (χ2n) is 4.87. The first-order chi connectivity index (χ1) is 9.65. The van der Waals surface area contributed by atoms with Crippen molar-refractivity contribution >= 4 is 11.6 Å². The number of rotatable bonds is 5. The van der Waals surface area contributed by atoms with E-state index in [1.54, 1.807) is 7.11 Å². The van der Waals surface area contributed by atoms with E-state index in [1.807, 2.05) is 25.2 Å². The third-order valence-corrected chi connectivity index (χ3v) is 3.92. The zero-order valence-corrected chi connectivity index (χ0v) is 12.9. The number of hydrogen-bond acceptors (Lipinski definition) is 2. The highest BCUT2D eigenvalue weighted by Crippen LogP contribution is 2.29. The van der Waals surface area contributed by atoms with Gasteiger partial charge in [-0.25, -0.2) is 0 Å². The number of nitrogens with one attached hydrogen (secondary N) is 1. The van der Waals surface area contributed by atoms with E-state index in [1.165, 1.54) is 16.7 Å². The van der Waals surface area contributed by atoms with Gasteiger partial charge in [-0.2, -0.15) is 0 Å². The molecule has 0 heterocycles. The molecule has 0 saturated heterocycles. The van der Waals surface area contributed by atoms with Crippen molar-refractivity contribution in [3.8, 4) is 5.75 Å². The maximum atomic E-state index is 6.08. The number of aryl methyl sites for hydroxylation is 1. The Labute approximate surface area is 125 Å². The first-order valence-electron chi connectivity index (χ1n) is 6.71. The summed E-state index contributed by atoms with van der Waals surface area (Å²) in [5.41, 5.74) is 3.84. The van der Waals surface area contributed by atoms with E-state index in [0.717, 1.165) is 6.42 Å². The fourth-order valence-electron chi connectivity index (χ4n) is 2.34. The van der Waals surface area contributed by atoms with Crippen LogP contribution in [0.1, 0.15) is 22.7 Å². The van der Waals surface area contributed by atoms with Crippen molar-refractivity contribution in [3.63, 3.8) is 0 Å². The summed E-state index contributed by atoms with van der Waals surface area (Å²) in [6, 6.07) is 14.6. The largest absolute Gasteiger partial charge is 0.495 e. The predicted molar refractivity (Wildman–Crippen MR) is 84.7 cm³/mol. The molecule has 1 atom stereocenters. The lowest BCUT2D eigenvalue weighted by molar-refractivity contribution is 0.413. The summed E-state index contributed by atoms with van der Waals surface area (Å²) < 4.78 is 5.29. The van der Waals surface area contributed by atoms with Gasteiger partial charge in [0.1, 0.15) is 5.75 Å². The van der Waals surface area contributed by atoms with Gasteiger partial charge in [0.25, 0.3) is 0 Å². The lowest BCUT2D eigenvalue weighted by Gasteiger charge is -2.19. The van der Waals surface area contributed by atoms with Crippen LogP contribution in [0.2, 0.25) is 5.02 Å². The van der Waals surface area contributed by atoms with Gasteiger partial charge in [0.2, 0.25) is 0 Å². The Morgan fingerprint density at radius 1 is 1.20 bits per heavy atom. The van der Waals surface area contributed by atoms with Crippen molar-refractivity contribution in [1.29, 1.82) is 0 Å². The monoisotopic (exact) mass is 289 g/mol. The molecule has 2 aromatic rings. The summed E-state index contributed by atoms with van der Waals surface area (Å²) in [5, 5.41) is 4.01. The third kappa shape index (κ3) is 3.33. The molecule has 3 heteroatoms. The standard InChI is InChI=1S/C17H20ClNO/c1-12-6-4-5-7-13(12)10-16(19-2)14-8-9-15(18)17(11-14)20-3/h4-9,11,16,19H,10H2,1-3H3. The molecular weight excluding hydrogens is 270 g/mol. The van der Waals surface area contributed by atoms with Crippen molar-refractivity contribution in [2.45, 2.75) is 19.4 Å². The van der Waals surface area contributed by atoms with E-state index in [9.17, 15) is 0 Å². The molecule has 0 fully saturated rings. The molecule has 1 unspecified atom stereocenters. The molecular formula is C17H20ClNO. The second kappa shape index (κ2) is 6.78. The molecule has 0 spiro atoms. The first kappa shape index (κ1) is 14.9. The highest BCUT2D eigenvalue weighted by molar-refractivity contribution is 6.32. The topological polar surface area (TPSA) is 21.3 Å². The molecule has 0 bridgehead atoms. The Kier molecular flexibility index (Phi) is 5.05. The minimum atomic E-state index is 0.238. The highest BCUT2D eigenvalue weighted by atomic mass is 35.5. The molecule has 0 aliphatic rings. The van der Waals surface area contributed by atoms with Gasteiger partial charge in [0, 0.05) is 6.04 Å². The molecule has 1 N–H and O–H groups in total. The number of hydrogen-bond donors (Lipinski definition) is 1. The van der Waals surface area contributed by atoms with Crippen molar-refractivity contribution in [2.75, 3.05) is 14.2 Å². The van der Waals surface area contributed by atoms with Crippen LogP contribution in [-0.2, 0) is 6.42 Å². The van der Waals surface area contributed by atoms with Gasteiger partial charge in [-0.1, -0.05) is 41.9 Å². The number of halogens is 1. The molecule has 20 heavy (non-hydrogen) atoms. The van der Waals surface area contributed by atoms with Crippen LogP contribution in [0.15, 0.2) is 42.5 Å². The first-order valence-corrected chi connectivity index (χ1v) is 7.08. The normalized spacial score (nSPS) is 12.2. The van der Waals surface area contributed by atoms with Gasteiger partial charge < -0.3 is 10.1 Å². The van der Waals surface area contributed by atoms with Crippen LogP contribution < -0.4 is 10.1 Å². The number of methoxy groups -OCH3 is 1. The average molecular weight is 290 g/mol. The van der Waals surface area contributed by atoms with Crippen LogP contribution in [0.25, 0.3) is 0 Å². The van der Waals surface area contributed by atoms with Gasteiger partial charge in [-0.3, -0.25) is 0 Å². The molecule has 0 radical (unpaired) electrons. The molecule has 0 aliphatic carbocycles. The Morgan fingerprint density at radius 2 is 1.95 bits per heavy atom. The Bertz CT molecular complexity index is 583. The van der Waals surface area contributed by atoms with Gasteiger partial charge in [0.15, 0.2) is 0 Å². The minimum Gasteiger partial charge on any atom is -0.495 e. The quantitative estimate of drug-likeness (QED) is 0.892. The van der Waals surface area contributed by atoms with E-state index < -0.39 is 0 Å². The fraction of sp³-hybridized carbons (Fsp3) is 0.294. The summed E-state index contributed by atoms with van der Waals surface area (Å²) in [7, 11) is 3.62. The van der Waals surface area contributed by atoms with E-state index in [2.05, 4.69) is 36.5 Å². The molecule has 0 aliphatic heterocycles. The van der Waals surface area contributed by atoms with Crippen molar-refractivity contribution < 1.29 is 4.74 Å². The summed E-state index contributed by atoms with van der Waals surface area (Å²) >= 11 is 6.08. The Hall–Kier alpha value is -1.51. The molecule has 0 amide bonds. The summed E-state index contributed by atoms with van der Waals surface area (Å²) in [4.78, 5) is 0. The van der Waals surface area contributed by atoms with Gasteiger partial charge in [-0.15, -0.1) is 0 Å². The van der Waals surface area contributed by atoms with E-state index in [0.29, 0.717) is 10.8 Å². The lowest BCUT2D eigenvalue weighted by atomic mass is 9.96. The maximum Gasteiger partial charge on any atom is 0.137 e. The van der Waals surface area contributed by atoms with Crippen LogP contribution in [-0.4, -0.2) is 14.2 Å². The molecule has 0 aromatic heterocycles. The Morgan fingerprint density at radius 3 is 2.60 bits per heavy atom. The van der Waals surface area contributed by atoms with Crippen molar-refractivity contribution in [3.05, 3.63) is 64.2 Å². The summed E-state index contributed by atoms with van der Waals surface area (Å²) in [6.45, 7) is 2.14. The van der Waals surface area contributed by atoms with Crippen molar-refractivity contribution in [1.82, 2.24) is 5.32 Å². The number of ether oxygens (including phenoxy) is 1. The second-order valence-corrected chi connectivity index (χ2v) is 5.27. The van der Waals surface area contributed by atoms with Crippen LogP contribution in [0.5, 0.6) is 5.75 Å². The zero-order chi connectivity index (χ0) is 14.5. The average Bonchev–Trinajstić information content (AvgIpc) is 2.47. The van der Waals surface area contributed by atoms with Gasteiger partial charge in [-0.05, 0) is 49.2 Å². The molecule has 2 aromatic carbocycles. The van der Waals surface area contributed by atoms with Crippen LogP contribution in [0.3, 0.4) is 0 Å². The smallest absolute Gasteiger partial charge is 0.137 e. The van der Waals surface area contributed by atoms with Gasteiger partial charge >= 0.3 is 0 Å². The predicted octanol–water partition coefficient (Wildman–Crippen LogP) is 4.16. The Balaban J connectivity index is 2.26. The fourth-order valence-corrected chi connectivity index (χ4v) is 2.53. The van der Waals surface area contributed by atoms with E-state index in [-0.39, 0.29) is 6.04 Å².